The van der Waals surface area contributed by atoms with Gasteiger partial charge in [0.1, 0.15) is 0 Å². The Labute approximate surface area is 121 Å². The second-order valence-electron chi connectivity index (χ2n) is 5.96. The van der Waals surface area contributed by atoms with Crippen molar-refractivity contribution in [1.29, 1.82) is 0 Å². The maximum atomic E-state index is 12.6. The summed E-state index contributed by atoms with van der Waals surface area (Å²) in [7, 11) is -3.49. The predicted molar refractivity (Wildman–Crippen MR) is 82.1 cm³/mol. The van der Waals surface area contributed by atoms with Crippen molar-refractivity contribution in [2.24, 2.45) is 5.41 Å². The van der Waals surface area contributed by atoms with Crippen LogP contribution in [0.2, 0.25) is 0 Å². The van der Waals surface area contributed by atoms with Gasteiger partial charge in [0.25, 0.3) is 0 Å². The van der Waals surface area contributed by atoms with Crippen LogP contribution in [0.5, 0.6) is 0 Å². The average Bonchev–Trinajstić information content (AvgIpc) is 2.33. The summed E-state index contributed by atoms with van der Waals surface area (Å²) >= 11 is 0. The second kappa shape index (κ2) is 5.37. The smallest absolute Gasteiger partial charge is 0.241 e. The summed E-state index contributed by atoms with van der Waals surface area (Å²) in [5, 5.41) is 0. The maximum Gasteiger partial charge on any atom is 0.241 e. The zero-order valence-corrected chi connectivity index (χ0v) is 13.3. The Morgan fingerprint density at radius 2 is 1.95 bits per heavy atom. The number of anilines is 1. The Balaban J connectivity index is 2.25. The SMILES string of the molecule is CCC1(CNS(=O)(=O)c2c(C)ccc(N)c2C)CCC1. The van der Waals surface area contributed by atoms with Crippen LogP contribution in [-0.2, 0) is 10.0 Å². The minimum Gasteiger partial charge on any atom is -0.398 e. The Hall–Kier alpha value is -1.07. The first kappa shape index (κ1) is 15.3. The van der Waals surface area contributed by atoms with Crippen LogP contribution in [0.3, 0.4) is 0 Å². The van der Waals surface area contributed by atoms with E-state index in [4.69, 9.17) is 5.73 Å². The number of hydrogen-bond donors (Lipinski definition) is 2. The van der Waals surface area contributed by atoms with Crippen molar-refractivity contribution in [2.45, 2.75) is 51.3 Å². The average molecular weight is 296 g/mol. The highest BCUT2D eigenvalue weighted by atomic mass is 32.2. The third-order valence-electron chi connectivity index (χ3n) is 4.71. The maximum absolute atomic E-state index is 12.6. The Bertz CT molecular complexity index is 599. The van der Waals surface area contributed by atoms with E-state index in [-0.39, 0.29) is 5.41 Å². The molecule has 0 unspecified atom stereocenters. The fourth-order valence-corrected chi connectivity index (χ4v) is 4.56. The first-order valence-corrected chi connectivity index (χ1v) is 8.65. The number of rotatable bonds is 5. The number of aryl methyl sites for hydroxylation is 1. The molecule has 0 aliphatic heterocycles. The van der Waals surface area contributed by atoms with Gasteiger partial charge in [0.2, 0.25) is 10.0 Å². The standard InChI is InChI=1S/C15H24N2O2S/c1-4-15(8-5-9-15)10-17-20(18,19)14-11(2)6-7-13(16)12(14)3/h6-7,17H,4-5,8-10,16H2,1-3H3. The molecule has 1 aliphatic carbocycles. The van der Waals surface area contributed by atoms with E-state index in [1.807, 2.05) is 0 Å². The van der Waals surface area contributed by atoms with Gasteiger partial charge in [-0.15, -0.1) is 0 Å². The van der Waals surface area contributed by atoms with E-state index in [1.165, 1.54) is 6.42 Å². The lowest BCUT2D eigenvalue weighted by Gasteiger charge is -2.41. The molecular formula is C15H24N2O2S. The highest BCUT2D eigenvalue weighted by Crippen LogP contribution is 2.43. The molecule has 1 aromatic carbocycles. The monoisotopic (exact) mass is 296 g/mol. The minimum atomic E-state index is -3.49. The van der Waals surface area contributed by atoms with Gasteiger partial charge < -0.3 is 5.73 Å². The van der Waals surface area contributed by atoms with Crippen LogP contribution < -0.4 is 10.5 Å². The molecule has 1 aliphatic rings. The van der Waals surface area contributed by atoms with Gasteiger partial charge in [0.05, 0.1) is 4.90 Å². The number of nitrogens with two attached hydrogens (primary N) is 1. The lowest BCUT2D eigenvalue weighted by Crippen LogP contribution is -2.41. The first-order valence-electron chi connectivity index (χ1n) is 7.17. The zero-order chi connectivity index (χ0) is 15.0. The topological polar surface area (TPSA) is 72.2 Å². The van der Waals surface area contributed by atoms with E-state index >= 15 is 0 Å². The number of nitrogens with one attached hydrogen (secondary N) is 1. The van der Waals surface area contributed by atoms with Crippen LogP contribution in [0.25, 0.3) is 0 Å². The van der Waals surface area contributed by atoms with Crippen molar-refractivity contribution in [2.75, 3.05) is 12.3 Å². The fourth-order valence-electron chi connectivity index (χ4n) is 2.91. The number of hydrogen-bond acceptors (Lipinski definition) is 3. The van der Waals surface area contributed by atoms with Crippen molar-refractivity contribution in [3.05, 3.63) is 23.3 Å². The van der Waals surface area contributed by atoms with Crippen molar-refractivity contribution < 1.29 is 8.42 Å². The van der Waals surface area contributed by atoms with Crippen molar-refractivity contribution >= 4 is 15.7 Å². The summed E-state index contributed by atoms with van der Waals surface area (Å²) in [4.78, 5) is 0.336. The van der Waals surface area contributed by atoms with Crippen LogP contribution >= 0.6 is 0 Å². The zero-order valence-electron chi connectivity index (χ0n) is 12.5. The largest absolute Gasteiger partial charge is 0.398 e. The molecule has 0 amide bonds. The van der Waals surface area contributed by atoms with Crippen LogP contribution in [0, 0.1) is 19.3 Å². The van der Waals surface area contributed by atoms with Crippen molar-refractivity contribution in [3.8, 4) is 0 Å². The predicted octanol–water partition coefficient (Wildman–Crippen LogP) is 2.74. The molecule has 0 radical (unpaired) electrons. The summed E-state index contributed by atoms with van der Waals surface area (Å²) in [6.45, 7) is 6.22. The highest BCUT2D eigenvalue weighted by Gasteiger charge is 2.36. The van der Waals surface area contributed by atoms with Gasteiger partial charge >= 0.3 is 0 Å². The molecule has 0 bridgehead atoms. The molecule has 1 saturated carbocycles. The molecule has 3 N–H and O–H groups in total. The van der Waals surface area contributed by atoms with Gasteiger partial charge in [-0.05, 0) is 55.7 Å². The van der Waals surface area contributed by atoms with E-state index in [9.17, 15) is 8.42 Å². The van der Waals surface area contributed by atoms with Crippen molar-refractivity contribution in [3.63, 3.8) is 0 Å². The van der Waals surface area contributed by atoms with E-state index in [0.717, 1.165) is 24.8 Å². The van der Waals surface area contributed by atoms with E-state index in [0.29, 0.717) is 22.7 Å². The number of benzene rings is 1. The molecule has 0 heterocycles. The molecule has 0 aromatic heterocycles. The second-order valence-corrected chi connectivity index (χ2v) is 7.66. The summed E-state index contributed by atoms with van der Waals surface area (Å²) in [6, 6.07) is 3.51. The van der Waals surface area contributed by atoms with Gasteiger partial charge in [-0.2, -0.15) is 0 Å². The lowest BCUT2D eigenvalue weighted by molar-refractivity contribution is 0.133. The van der Waals surface area contributed by atoms with Crippen LogP contribution in [0.4, 0.5) is 5.69 Å². The van der Waals surface area contributed by atoms with E-state index < -0.39 is 10.0 Å². The highest BCUT2D eigenvalue weighted by molar-refractivity contribution is 7.89. The molecule has 20 heavy (non-hydrogen) atoms. The Morgan fingerprint density at radius 3 is 2.45 bits per heavy atom. The third kappa shape index (κ3) is 2.69. The van der Waals surface area contributed by atoms with Crippen LogP contribution in [0.15, 0.2) is 17.0 Å². The Kier molecular flexibility index (Phi) is 4.12. The summed E-state index contributed by atoms with van der Waals surface area (Å²) in [5.74, 6) is 0. The molecule has 1 fully saturated rings. The quantitative estimate of drug-likeness (QED) is 0.821. The van der Waals surface area contributed by atoms with Crippen LogP contribution in [-0.4, -0.2) is 15.0 Å². The molecule has 0 spiro atoms. The Morgan fingerprint density at radius 1 is 1.30 bits per heavy atom. The molecule has 0 saturated heterocycles. The van der Waals surface area contributed by atoms with Gasteiger partial charge in [-0.3, -0.25) is 0 Å². The number of sulfonamides is 1. The number of nitrogen functional groups attached to an aromatic ring is 1. The molecule has 2 rings (SSSR count). The summed E-state index contributed by atoms with van der Waals surface area (Å²) in [5.41, 5.74) is 7.89. The van der Waals surface area contributed by atoms with Gasteiger partial charge in [-0.1, -0.05) is 19.4 Å². The van der Waals surface area contributed by atoms with Gasteiger partial charge in [0.15, 0.2) is 0 Å². The van der Waals surface area contributed by atoms with E-state index in [1.54, 1.807) is 26.0 Å². The molecule has 112 valence electrons. The minimum absolute atomic E-state index is 0.162. The van der Waals surface area contributed by atoms with Gasteiger partial charge in [0, 0.05) is 12.2 Å². The fraction of sp³-hybridized carbons (Fsp3) is 0.600. The molecule has 4 nitrogen and oxygen atoms in total. The molecular weight excluding hydrogens is 272 g/mol. The summed E-state index contributed by atoms with van der Waals surface area (Å²) < 4.78 is 27.9. The molecule has 5 heteroatoms. The molecule has 0 atom stereocenters. The first-order chi connectivity index (χ1) is 9.31. The van der Waals surface area contributed by atoms with E-state index in [2.05, 4.69) is 11.6 Å². The van der Waals surface area contributed by atoms with Crippen LogP contribution in [0.1, 0.15) is 43.7 Å². The molecule has 1 aromatic rings. The third-order valence-corrected chi connectivity index (χ3v) is 6.40. The van der Waals surface area contributed by atoms with Crippen molar-refractivity contribution in [1.82, 2.24) is 4.72 Å². The van der Waals surface area contributed by atoms with Gasteiger partial charge in [-0.25, -0.2) is 13.1 Å². The summed E-state index contributed by atoms with van der Waals surface area (Å²) in [6.07, 6.45) is 4.44. The lowest BCUT2D eigenvalue weighted by atomic mass is 9.67. The normalized spacial score (nSPS) is 17.8.